The first kappa shape index (κ1) is 25.9. The molecule has 0 atom stereocenters. The summed E-state index contributed by atoms with van der Waals surface area (Å²) in [5.74, 6) is 2.17. The van der Waals surface area contributed by atoms with Gasteiger partial charge in [0.25, 0.3) is 0 Å². The summed E-state index contributed by atoms with van der Waals surface area (Å²) in [7, 11) is -1.24. The maximum Gasteiger partial charge on any atom is 0.211 e. The molecule has 1 aliphatic heterocycles. The van der Waals surface area contributed by atoms with Crippen LogP contribution in [0.25, 0.3) is 0 Å². The molecule has 1 saturated heterocycles. The molecule has 0 amide bonds. The van der Waals surface area contributed by atoms with Crippen LogP contribution in [-0.4, -0.2) is 58.2 Å². The Morgan fingerprint density at radius 2 is 1.73 bits per heavy atom. The van der Waals surface area contributed by atoms with E-state index in [9.17, 15) is 8.42 Å². The Balaban J connectivity index is 0.00000625. The van der Waals surface area contributed by atoms with Crippen LogP contribution in [0.2, 0.25) is 0 Å². The molecule has 26 heavy (non-hydrogen) atoms. The molecule has 0 aromatic rings. The zero-order valence-corrected chi connectivity index (χ0v) is 20.1. The van der Waals surface area contributed by atoms with Crippen LogP contribution in [0.3, 0.4) is 0 Å². The van der Waals surface area contributed by atoms with Gasteiger partial charge >= 0.3 is 0 Å². The Hall–Kier alpha value is -0.0900. The summed E-state index contributed by atoms with van der Waals surface area (Å²) in [6.45, 7) is 7.63. The Bertz CT molecular complexity index is 489. The van der Waals surface area contributed by atoms with Crippen molar-refractivity contribution in [2.45, 2.75) is 58.8 Å². The smallest absolute Gasteiger partial charge is 0.211 e. The van der Waals surface area contributed by atoms with Crippen LogP contribution in [0.4, 0.5) is 0 Å². The first-order valence-electron chi connectivity index (χ1n) is 9.72. The Morgan fingerprint density at radius 3 is 2.27 bits per heavy atom. The minimum Gasteiger partial charge on any atom is -0.356 e. The minimum absolute atomic E-state index is 0. The predicted molar refractivity (Wildman–Crippen MR) is 122 cm³/mol. The lowest BCUT2D eigenvalue weighted by atomic mass is 9.98. The predicted octanol–water partition coefficient (Wildman–Crippen LogP) is 3.05. The molecule has 0 aliphatic carbocycles. The number of sulfonamides is 1. The summed E-state index contributed by atoms with van der Waals surface area (Å²) in [4.78, 5) is 4.27. The van der Waals surface area contributed by atoms with E-state index >= 15 is 0 Å². The van der Waals surface area contributed by atoms with Crippen LogP contribution in [0.1, 0.15) is 58.8 Å². The van der Waals surface area contributed by atoms with Gasteiger partial charge in [0, 0.05) is 33.2 Å². The average molecular weight is 503 g/mol. The van der Waals surface area contributed by atoms with Crippen molar-refractivity contribution in [1.82, 2.24) is 14.9 Å². The number of nitrogens with zero attached hydrogens (tertiary/aromatic N) is 2. The highest BCUT2D eigenvalue weighted by Gasteiger charge is 2.24. The highest BCUT2D eigenvalue weighted by molar-refractivity contribution is 14.0. The molecule has 1 fully saturated rings. The normalized spacial score (nSPS) is 17.2. The van der Waals surface area contributed by atoms with Gasteiger partial charge in [0.05, 0.1) is 6.26 Å². The number of guanidine groups is 1. The third-order valence-corrected chi connectivity index (χ3v) is 6.13. The first-order chi connectivity index (χ1) is 11.8. The van der Waals surface area contributed by atoms with Crippen molar-refractivity contribution in [3.8, 4) is 0 Å². The molecule has 1 rings (SSSR count). The average Bonchev–Trinajstić information content (AvgIpc) is 2.56. The van der Waals surface area contributed by atoms with Gasteiger partial charge in [0.15, 0.2) is 5.96 Å². The third-order valence-electron chi connectivity index (χ3n) is 4.83. The molecule has 0 aromatic heterocycles. The van der Waals surface area contributed by atoms with Gasteiger partial charge in [-0.25, -0.2) is 12.7 Å². The fraction of sp³-hybridized carbons (Fsp3) is 0.944. The highest BCUT2D eigenvalue weighted by atomic mass is 127. The van der Waals surface area contributed by atoms with Crippen LogP contribution >= 0.6 is 24.0 Å². The van der Waals surface area contributed by atoms with E-state index in [2.05, 4.69) is 29.5 Å². The van der Waals surface area contributed by atoms with E-state index in [0.29, 0.717) is 19.0 Å². The minimum atomic E-state index is -3.04. The van der Waals surface area contributed by atoms with Crippen molar-refractivity contribution < 1.29 is 8.42 Å². The summed E-state index contributed by atoms with van der Waals surface area (Å²) in [6.07, 6.45) is 9.52. The zero-order valence-electron chi connectivity index (χ0n) is 17.0. The topological polar surface area (TPSA) is 73.8 Å². The Kier molecular flexibility index (Phi) is 13.9. The molecule has 6 nitrogen and oxygen atoms in total. The molecule has 2 N–H and O–H groups in total. The summed E-state index contributed by atoms with van der Waals surface area (Å²) < 4.78 is 24.6. The first-order valence-corrected chi connectivity index (χ1v) is 11.6. The number of hydrogen-bond acceptors (Lipinski definition) is 3. The molecular weight excluding hydrogens is 463 g/mol. The third kappa shape index (κ3) is 11.6. The van der Waals surface area contributed by atoms with Crippen LogP contribution in [0.5, 0.6) is 0 Å². The van der Waals surface area contributed by atoms with E-state index in [1.165, 1.54) is 38.4 Å². The second-order valence-electron chi connectivity index (χ2n) is 7.58. The molecule has 1 aliphatic rings. The van der Waals surface area contributed by atoms with Crippen LogP contribution in [0, 0.1) is 11.8 Å². The molecule has 0 aromatic carbocycles. The lowest BCUT2D eigenvalue weighted by Crippen LogP contribution is -2.44. The lowest BCUT2D eigenvalue weighted by Gasteiger charge is -2.30. The largest absolute Gasteiger partial charge is 0.356 e. The van der Waals surface area contributed by atoms with E-state index < -0.39 is 10.0 Å². The molecule has 8 heteroatoms. The Morgan fingerprint density at radius 1 is 1.12 bits per heavy atom. The molecule has 0 spiro atoms. The van der Waals surface area contributed by atoms with Gasteiger partial charge in [-0.2, -0.15) is 0 Å². The van der Waals surface area contributed by atoms with Crippen molar-refractivity contribution in [1.29, 1.82) is 0 Å². The van der Waals surface area contributed by atoms with E-state index in [0.717, 1.165) is 37.8 Å². The van der Waals surface area contributed by atoms with Crippen molar-refractivity contribution in [2.75, 3.05) is 39.5 Å². The van der Waals surface area contributed by atoms with Gasteiger partial charge < -0.3 is 10.6 Å². The number of aliphatic imine (C=N–C) groups is 1. The highest BCUT2D eigenvalue weighted by Crippen LogP contribution is 2.18. The number of piperidine rings is 1. The fourth-order valence-electron chi connectivity index (χ4n) is 3.14. The fourth-order valence-corrected chi connectivity index (χ4v) is 4.02. The maximum atomic E-state index is 11.5. The van der Waals surface area contributed by atoms with E-state index in [1.807, 2.05) is 0 Å². The van der Waals surface area contributed by atoms with E-state index in [-0.39, 0.29) is 24.0 Å². The second-order valence-corrected chi connectivity index (χ2v) is 9.56. The van der Waals surface area contributed by atoms with Crippen LogP contribution in [-0.2, 0) is 10.0 Å². The van der Waals surface area contributed by atoms with Gasteiger partial charge in [-0.15, -0.1) is 24.0 Å². The van der Waals surface area contributed by atoms with Gasteiger partial charge in [0.2, 0.25) is 10.0 Å². The zero-order chi connectivity index (χ0) is 18.7. The van der Waals surface area contributed by atoms with E-state index in [1.54, 1.807) is 11.4 Å². The van der Waals surface area contributed by atoms with Crippen molar-refractivity contribution >= 4 is 40.0 Å². The molecule has 0 radical (unpaired) electrons. The number of rotatable bonds is 10. The van der Waals surface area contributed by atoms with Gasteiger partial charge in [-0.3, -0.25) is 4.99 Å². The number of nitrogens with one attached hydrogen (secondary N) is 2. The summed E-state index contributed by atoms with van der Waals surface area (Å²) in [5, 5.41) is 6.75. The SMILES string of the molecule is CN=C(NCCCCCCC(C)C)NCC1CCN(S(C)(=O)=O)CC1.I. The Labute approximate surface area is 178 Å². The summed E-state index contributed by atoms with van der Waals surface area (Å²) in [5.41, 5.74) is 0. The van der Waals surface area contributed by atoms with Gasteiger partial charge in [0.1, 0.15) is 0 Å². The molecule has 0 bridgehead atoms. The van der Waals surface area contributed by atoms with Gasteiger partial charge in [-0.1, -0.05) is 39.5 Å². The number of hydrogen-bond donors (Lipinski definition) is 2. The summed E-state index contributed by atoms with van der Waals surface area (Å²) >= 11 is 0. The molecule has 0 saturated carbocycles. The van der Waals surface area contributed by atoms with Crippen LogP contribution in [0.15, 0.2) is 4.99 Å². The number of unbranched alkanes of at least 4 members (excludes halogenated alkanes) is 3. The van der Waals surface area contributed by atoms with Crippen LogP contribution < -0.4 is 10.6 Å². The molecular formula is C18H39IN4O2S. The quantitative estimate of drug-likeness (QED) is 0.209. The van der Waals surface area contributed by atoms with E-state index in [4.69, 9.17) is 0 Å². The van der Waals surface area contributed by atoms with Crippen molar-refractivity contribution in [3.63, 3.8) is 0 Å². The summed E-state index contributed by atoms with van der Waals surface area (Å²) in [6, 6.07) is 0. The van der Waals surface area contributed by atoms with Gasteiger partial charge in [-0.05, 0) is 31.1 Å². The standard InChI is InChI=1S/C18H38N4O2S.HI/c1-16(2)9-7-5-6-8-12-20-18(19-3)21-15-17-10-13-22(14-11-17)25(4,23)24;/h16-17H,5-15H2,1-4H3,(H2,19,20,21);1H. The molecule has 0 unspecified atom stereocenters. The lowest BCUT2D eigenvalue weighted by molar-refractivity contribution is 0.275. The van der Waals surface area contributed by atoms with Crippen molar-refractivity contribution in [2.24, 2.45) is 16.8 Å². The number of halogens is 1. The van der Waals surface area contributed by atoms with Crippen molar-refractivity contribution in [3.05, 3.63) is 0 Å². The molecule has 156 valence electrons. The second kappa shape index (κ2) is 14.0. The maximum absolute atomic E-state index is 11.5. The molecule has 1 heterocycles. The monoisotopic (exact) mass is 502 g/mol.